The molecule has 1 N–H and O–H groups in total. The third-order valence-electron chi connectivity index (χ3n) is 3.01. The molecule has 0 aliphatic carbocycles. The van der Waals surface area contributed by atoms with Gasteiger partial charge in [0.15, 0.2) is 0 Å². The lowest BCUT2D eigenvalue weighted by atomic mass is 9.99. The molecular weight excluding hydrogens is 334 g/mol. The second-order valence-corrected chi connectivity index (χ2v) is 5.46. The number of aliphatic carboxylic acids is 1. The Hall–Kier alpha value is -1.17. The minimum Gasteiger partial charge on any atom is -0.496 e. The third kappa shape index (κ3) is 4.44. The van der Waals surface area contributed by atoms with E-state index >= 15 is 0 Å². The monoisotopic (exact) mass is 350 g/mol. The minimum atomic E-state index is -3.04. The van der Waals surface area contributed by atoms with Crippen molar-refractivity contribution >= 4 is 21.9 Å². The van der Waals surface area contributed by atoms with Crippen LogP contribution >= 0.6 is 15.9 Å². The normalized spacial score (nSPS) is 11.4. The first kappa shape index (κ1) is 16.9. The average Bonchev–Trinajstić information content (AvgIpc) is 2.37. The number of benzene rings is 1. The van der Waals surface area contributed by atoms with Crippen molar-refractivity contribution in [1.82, 2.24) is 0 Å². The number of hydrogen-bond acceptors (Lipinski definition) is 2. The fourth-order valence-electron chi connectivity index (χ4n) is 1.87. The van der Waals surface area contributed by atoms with Crippen LogP contribution in [0, 0.1) is 6.92 Å². The van der Waals surface area contributed by atoms with Crippen LogP contribution in [0.1, 0.15) is 36.8 Å². The number of halogens is 3. The molecule has 0 aliphatic heterocycles. The Morgan fingerprint density at radius 3 is 2.60 bits per heavy atom. The van der Waals surface area contributed by atoms with Crippen LogP contribution in [-0.4, -0.2) is 18.2 Å². The molecule has 0 saturated carbocycles. The van der Waals surface area contributed by atoms with Crippen LogP contribution in [-0.2, 0) is 10.7 Å². The predicted octanol–water partition coefficient (Wildman–Crippen LogP) is 4.50. The summed E-state index contributed by atoms with van der Waals surface area (Å²) in [6, 6.07) is 2.93. The van der Waals surface area contributed by atoms with Crippen LogP contribution < -0.4 is 4.74 Å². The highest BCUT2D eigenvalue weighted by molar-refractivity contribution is 9.10. The predicted molar refractivity (Wildman–Crippen MR) is 75.4 cm³/mol. The molecule has 0 aromatic heterocycles. The molecule has 0 heterocycles. The van der Waals surface area contributed by atoms with Gasteiger partial charge >= 0.3 is 5.97 Å². The topological polar surface area (TPSA) is 46.5 Å². The Morgan fingerprint density at radius 2 is 2.05 bits per heavy atom. The first-order chi connectivity index (χ1) is 9.27. The van der Waals surface area contributed by atoms with Crippen LogP contribution in [0.5, 0.6) is 5.75 Å². The zero-order valence-electron chi connectivity index (χ0n) is 11.4. The number of carbonyl (C=O) groups is 1. The second-order valence-electron chi connectivity index (χ2n) is 4.61. The number of carboxylic acid groups (broad SMARTS) is 1. The fourth-order valence-corrected chi connectivity index (χ4v) is 2.21. The SMILES string of the molecule is COc1cc(C)c(Br)cc1C(F)(F)CCCCC(=O)O. The van der Waals surface area contributed by atoms with E-state index in [1.54, 1.807) is 13.0 Å². The van der Waals surface area contributed by atoms with Crippen LogP contribution in [0.3, 0.4) is 0 Å². The summed E-state index contributed by atoms with van der Waals surface area (Å²) in [5.41, 5.74) is 0.639. The molecule has 112 valence electrons. The second kappa shape index (κ2) is 7.02. The number of unbranched alkanes of at least 4 members (excludes halogenated alkanes) is 1. The summed E-state index contributed by atoms with van der Waals surface area (Å²) >= 11 is 3.24. The van der Waals surface area contributed by atoms with Gasteiger partial charge in [-0.15, -0.1) is 0 Å². The Kier molecular flexibility index (Phi) is 5.92. The van der Waals surface area contributed by atoms with Gasteiger partial charge in [0.2, 0.25) is 0 Å². The van der Waals surface area contributed by atoms with Gasteiger partial charge in [-0.2, -0.15) is 0 Å². The maximum Gasteiger partial charge on any atom is 0.303 e. The van der Waals surface area contributed by atoms with E-state index in [1.165, 1.54) is 13.2 Å². The largest absolute Gasteiger partial charge is 0.496 e. The number of hydrogen-bond donors (Lipinski definition) is 1. The Balaban J connectivity index is 2.85. The molecule has 0 unspecified atom stereocenters. The number of ether oxygens (including phenoxy) is 1. The molecule has 0 radical (unpaired) electrons. The Bertz CT molecular complexity index is 490. The van der Waals surface area contributed by atoms with E-state index in [-0.39, 0.29) is 30.6 Å². The summed E-state index contributed by atoms with van der Waals surface area (Å²) in [5, 5.41) is 8.50. The smallest absolute Gasteiger partial charge is 0.303 e. The van der Waals surface area contributed by atoms with Gasteiger partial charge < -0.3 is 9.84 Å². The summed E-state index contributed by atoms with van der Waals surface area (Å²) in [6.45, 7) is 1.79. The number of aryl methyl sites for hydroxylation is 1. The molecule has 0 amide bonds. The number of rotatable bonds is 7. The molecule has 0 aliphatic rings. The molecule has 0 saturated heterocycles. The number of carboxylic acids is 1. The van der Waals surface area contributed by atoms with E-state index in [2.05, 4.69) is 15.9 Å². The summed E-state index contributed by atoms with van der Waals surface area (Å²) in [5.74, 6) is -3.86. The summed E-state index contributed by atoms with van der Waals surface area (Å²) in [6.07, 6.45) is -0.106. The molecule has 20 heavy (non-hydrogen) atoms. The molecule has 6 heteroatoms. The van der Waals surface area contributed by atoms with Crippen LogP contribution in [0.25, 0.3) is 0 Å². The molecule has 0 spiro atoms. The first-order valence-corrected chi connectivity index (χ1v) is 7.01. The van der Waals surface area contributed by atoms with E-state index in [0.717, 1.165) is 5.56 Å². The molecule has 0 bridgehead atoms. The third-order valence-corrected chi connectivity index (χ3v) is 3.86. The summed E-state index contributed by atoms with van der Waals surface area (Å²) in [4.78, 5) is 10.4. The maximum absolute atomic E-state index is 14.2. The molecule has 3 nitrogen and oxygen atoms in total. The van der Waals surface area contributed by atoms with Gasteiger partial charge in [0, 0.05) is 17.3 Å². The van der Waals surface area contributed by atoms with E-state index in [0.29, 0.717) is 4.47 Å². The van der Waals surface area contributed by atoms with Crippen molar-refractivity contribution in [3.63, 3.8) is 0 Å². The molecule has 0 atom stereocenters. The van der Waals surface area contributed by atoms with E-state index in [4.69, 9.17) is 9.84 Å². The highest BCUT2D eigenvalue weighted by Crippen LogP contribution is 2.41. The van der Waals surface area contributed by atoms with Crippen molar-refractivity contribution in [2.75, 3.05) is 7.11 Å². The van der Waals surface area contributed by atoms with Crippen LogP contribution in [0.4, 0.5) is 8.78 Å². The van der Waals surface area contributed by atoms with E-state index < -0.39 is 18.3 Å². The zero-order valence-corrected chi connectivity index (χ0v) is 13.0. The van der Waals surface area contributed by atoms with Gasteiger partial charge in [-0.1, -0.05) is 15.9 Å². The zero-order chi connectivity index (χ0) is 15.3. The van der Waals surface area contributed by atoms with Gasteiger partial charge in [0.25, 0.3) is 5.92 Å². The van der Waals surface area contributed by atoms with E-state index in [9.17, 15) is 13.6 Å². The van der Waals surface area contributed by atoms with E-state index in [1.807, 2.05) is 0 Å². The molecule has 1 aromatic carbocycles. The van der Waals surface area contributed by atoms with Crippen molar-refractivity contribution < 1.29 is 23.4 Å². The standard InChI is InChI=1S/C14H17BrF2O3/c1-9-7-12(20-2)10(8-11(9)15)14(16,17)6-4-3-5-13(18)19/h7-8H,3-6H2,1-2H3,(H,18,19). The first-order valence-electron chi connectivity index (χ1n) is 6.22. The van der Waals surface area contributed by atoms with Crippen molar-refractivity contribution in [3.05, 3.63) is 27.7 Å². The van der Waals surface area contributed by atoms with Crippen LogP contribution in [0.2, 0.25) is 0 Å². The lowest BCUT2D eigenvalue weighted by Gasteiger charge is -2.20. The van der Waals surface area contributed by atoms with Gasteiger partial charge in [-0.3, -0.25) is 4.79 Å². The van der Waals surface area contributed by atoms with Crippen LogP contribution in [0.15, 0.2) is 16.6 Å². The molecule has 0 fully saturated rings. The fraction of sp³-hybridized carbons (Fsp3) is 0.500. The highest BCUT2D eigenvalue weighted by atomic mass is 79.9. The van der Waals surface area contributed by atoms with Gasteiger partial charge in [0.05, 0.1) is 12.7 Å². The minimum absolute atomic E-state index is 0.0925. The van der Waals surface area contributed by atoms with Crippen molar-refractivity contribution in [3.8, 4) is 5.75 Å². The number of methoxy groups -OCH3 is 1. The van der Waals surface area contributed by atoms with Gasteiger partial charge in [-0.25, -0.2) is 8.78 Å². The number of alkyl halides is 2. The average molecular weight is 351 g/mol. The quantitative estimate of drug-likeness (QED) is 0.736. The van der Waals surface area contributed by atoms with Crippen molar-refractivity contribution in [1.29, 1.82) is 0 Å². The van der Waals surface area contributed by atoms with Crippen molar-refractivity contribution in [2.45, 2.75) is 38.5 Å². The Labute approximate surface area is 125 Å². The molecule has 1 aromatic rings. The van der Waals surface area contributed by atoms with Gasteiger partial charge in [0.1, 0.15) is 5.75 Å². The van der Waals surface area contributed by atoms with Gasteiger partial charge in [-0.05, 0) is 37.5 Å². The van der Waals surface area contributed by atoms with Crippen molar-refractivity contribution in [2.24, 2.45) is 0 Å². The molecule has 1 rings (SSSR count). The molecular formula is C14H17BrF2O3. The lowest BCUT2D eigenvalue weighted by molar-refractivity contribution is -0.137. The summed E-state index contributed by atoms with van der Waals surface area (Å²) in [7, 11) is 1.35. The Morgan fingerprint density at radius 1 is 1.40 bits per heavy atom. The summed E-state index contributed by atoms with van der Waals surface area (Å²) < 4.78 is 34.0. The lowest BCUT2D eigenvalue weighted by Crippen LogP contribution is -2.15. The highest BCUT2D eigenvalue weighted by Gasteiger charge is 2.34. The maximum atomic E-state index is 14.2.